The van der Waals surface area contributed by atoms with Crippen molar-refractivity contribution in [2.75, 3.05) is 0 Å². The van der Waals surface area contributed by atoms with Crippen molar-refractivity contribution in [1.82, 2.24) is 9.78 Å². The standard InChI is InChI=1S/C28H38FN3O2/c1-26(34)11-12-28(29)19(13-26)5-6-20-21-7-8-23(27(21,2)10-9-22(20)28)24(33)16-32-15-18(14-30)25(31-32)17-3-4-17/h15,17,19-23,34H,3-13,16H2,1-2H3/t19-,20+,21+,22+,23-,26-,27+,28-/m1/s1. The molecule has 0 spiro atoms. The first-order chi connectivity index (χ1) is 16.1. The number of carbonyl (C=O) groups is 1. The van der Waals surface area contributed by atoms with Gasteiger partial charge in [-0.1, -0.05) is 6.92 Å². The van der Waals surface area contributed by atoms with Gasteiger partial charge in [-0.15, -0.1) is 0 Å². The first-order valence-electron chi connectivity index (χ1n) is 13.6. The molecule has 5 aliphatic rings. The van der Waals surface area contributed by atoms with Crippen LogP contribution in [0.25, 0.3) is 0 Å². The SMILES string of the molecule is C[C@@]1(O)CC[C@@]2(F)[C@H](CC[C@H]3[C@@H]4CC[C@H](C(=O)Cn5cc(C#N)c(C6CC6)n5)[C@@]4(C)CC[C@@H]32)C1. The summed E-state index contributed by atoms with van der Waals surface area (Å²) in [7, 11) is 0. The van der Waals surface area contributed by atoms with Gasteiger partial charge in [0.1, 0.15) is 11.7 Å². The zero-order chi connectivity index (χ0) is 23.9. The number of nitriles is 1. The third-order valence-electron chi connectivity index (χ3n) is 10.9. The number of halogens is 1. The van der Waals surface area contributed by atoms with Crippen LogP contribution in [0.1, 0.15) is 102 Å². The molecule has 184 valence electrons. The lowest BCUT2D eigenvalue weighted by molar-refractivity contribution is -0.166. The van der Waals surface area contributed by atoms with E-state index in [1.807, 2.05) is 6.92 Å². The summed E-state index contributed by atoms with van der Waals surface area (Å²) in [5.74, 6) is 1.45. The zero-order valence-electron chi connectivity index (χ0n) is 20.6. The highest BCUT2D eigenvalue weighted by atomic mass is 19.1. The van der Waals surface area contributed by atoms with Gasteiger partial charge in [-0.2, -0.15) is 10.4 Å². The first-order valence-corrected chi connectivity index (χ1v) is 13.6. The quantitative estimate of drug-likeness (QED) is 0.651. The number of nitrogens with zero attached hydrogens (tertiary/aromatic N) is 3. The van der Waals surface area contributed by atoms with Gasteiger partial charge < -0.3 is 5.11 Å². The van der Waals surface area contributed by atoms with E-state index in [1.54, 1.807) is 10.9 Å². The van der Waals surface area contributed by atoms with Crippen molar-refractivity contribution in [2.24, 2.45) is 35.0 Å². The van der Waals surface area contributed by atoms with Crippen LogP contribution < -0.4 is 0 Å². The molecule has 1 N–H and O–H groups in total. The molecule has 0 amide bonds. The molecule has 5 fully saturated rings. The van der Waals surface area contributed by atoms with Crippen molar-refractivity contribution in [1.29, 1.82) is 5.26 Å². The molecule has 34 heavy (non-hydrogen) atoms. The molecule has 5 aliphatic carbocycles. The molecule has 5 nitrogen and oxygen atoms in total. The molecule has 0 bridgehead atoms. The number of hydrogen-bond acceptors (Lipinski definition) is 4. The summed E-state index contributed by atoms with van der Waals surface area (Å²) in [5.41, 5.74) is -0.452. The van der Waals surface area contributed by atoms with Crippen LogP contribution in [0.3, 0.4) is 0 Å². The van der Waals surface area contributed by atoms with Crippen molar-refractivity contribution >= 4 is 5.78 Å². The van der Waals surface area contributed by atoms with Crippen LogP contribution in [-0.4, -0.2) is 31.9 Å². The van der Waals surface area contributed by atoms with Crippen LogP contribution in [0.5, 0.6) is 0 Å². The fraction of sp³-hybridized carbons (Fsp3) is 0.821. The number of fused-ring (bicyclic) bond motifs is 5. The van der Waals surface area contributed by atoms with E-state index in [2.05, 4.69) is 18.1 Å². The highest BCUT2D eigenvalue weighted by molar-refractivity contribution is 5.82. The van der Waals surface area contributed by atoms with E-state index in [0.717, 1.165) is 57.1 Å². The Hall–Kier alpha value is -1.74. The second kappa shape index (κ2) is 7.63. The van der Waals surface area contributed by atoms with Crippen LogP contribution in [-0.2, 0) is 11.3 Å². The third kappa shape index (κ3) is 3.40. The van der Waals surface area contributed by atoms with Crippen molar-refractivity contribution in [3.63, 3.8) is 0 Å². The van der Waals surface area contributed by atoms with E-state index in [-0.39, 0.29) is 35.5 Å². The number of ketones is 1. The summed E-state index contributed by atoms with van der Waals surface area (Å²) in [5, 5.41) is 24.6. The maximum atomic E-state index is 16.5. The molecular weight excluding hydrogens is 429 g/mol. The monoisotopic (exact) mass is 467 g/mol. The molecular formula is C28H38FN3O2. The van der Waals surface area contributed by atoms with Gasteiger partial charge in [-0.3, -0.25) is 9.48 Å². The van der Waals surface area contributed by atoms with E-state index in [9.17, 15) is 15.2 Å². The molecule has 5 saturated carbocycles. The Morgan fingerprint density at radius 2 is 1.94 bits per heavy atom. The Morgan fingerprint density at radius 3 is 2.68 bits per heavy atom. The number of rotatable bonds is 4. The van der Waals surface area contributed by atoms with Gasteiger partial charge in [0.25, 0.3) is 0 Å². The maximum Gasteiger partial charge on any atom is 0.157 e. The molecule has 0 radical (unpaired) electrons. The summed E-state index contributed by atoms with van der Waals surface area (Å²) in [6.07, 6.45) is 11.1. The summed E-state index contributed by atoms with van der Waals surface area (Å²) in [4.78, 5) is 13.5. The number of Topliss-reactive ketones (excluding diaryl/α,β-unsaturated/α-hetero) is 1. The summed E-state index contributed by atoms with van der Waals surface area (Å²) >= 11 is 0. The minimum absolute atomic E-state index is 0.00191. The van der Waals surface area contributed by atoms with Crippen LogP contribution >= 0.6 is 0 Å². The zero-order valence-corrected chi connectivity index (χ0v) is 20.6. The first kappa shape index (κ1) is 22.7. The lowest BCUT2D eigenvalue weighted by atomic mass is 9.48. The Kier molecular flexibility index (Phi) is 5.09. The van der Waals surface area contributed by atoms with Crippen LogP contribution in [0.2, 0.25) is 0 Å². The summed E-state index contributed by atoms with van der Waals surface area (Å²) in [6.45, 7) is 4.41. The van der Waals surface area contributed by atoms with Crippen molar-refractivity contribution in [3.8, 4) is 6.07 Å². The van der Waals surface area contributed by atoms with Crippen LogP contribution in [0, 0.1) is 46.3 Å². The molecule has 1 aromatic rings. The van der Waals surface area contributed by atoms with E-state index < -0.39 is 11.3 Å². The molecule has 0 unspecified atom stereocenters. The fourth-order valence-electron chi connectivity index (χ4n) is 9.04. The second-order valence-electron chi connectivity index (χ2n) is 12.9. The van der Waals surface area contributed by atoms with E-state index in [4.69, 9.17) is 0 Å². The molecule has 8 atom stereocenters. The van der Waals surface area contributed by atoms with Gasteiger partial charge >= 0.3 is 0 Å². The van der Waals surface area contributed by atoms with E-state index in [1.165, 1.54) is 0 Å². The van der Waals surface area contributed by atoms with Gasteiger partial charge in [0.2, 0.25) is 0 Å². The molecule has 1 heterocycles. The maximum absolute atomic E-state index is 16.5. The highest BCUT2D eigenvalue weighted by Gasteiger charge is 2.63. The normalized spacial score (nSPS) is 45.7. The van der Waals surface area contributed by atoms with Gasteiger partial charge in [0.05, 0.1) is 23.4 Å². The number of aliphatic hydroxyl groups is 1. The lowest BCUT2D eigenvalue weighted by Crippen LogP contribution is -2.58. The van der Waals surface area contributed by atoms with E-state index in [0.29, 0.717) is 42.6 Å². The Morgan fingerprint density at radius 1 is 1.15 bits per heavy atom. The fourth-order valence-corrected chi connectivity index (χ4v) is 9.04. The van der Waals surface area contributed by atoms with Gasteiger partial charge in [0.15, 0.2) is 5.78 Å². The largest absolute Gasteiger partial charge is 0.390 e. The van der Waals surface area contributed by atoms with Crippen LogP contribution in [0.15, 0.2) is 6.20 Å². The van der Waals surface area contributed by atoms with Crippen molar-refractivity contribution < 1.29 is 14.3 Å². The summed E-state index contributed by atoms with van der Waals surface area (Å²) < 4.78 is 18.3. The molecule has 6 heteroatoms. The van der Waals surface area contributed by atoms with E-state index >= 15 is 4.39 Å². The Bertz CT molecular complexity index is 1040. The molecule has 0 aromatic carbocycles. The second-order valence-corrected chi connectivity index (χ2v) is 12.9. The minimum Gasteiger partial charge on any atom is -0.390 e. The van der Waals surface area contributed by atoms with Crippen molar-refractivity contribution in [2.45, 2.75) is 108 Å². The van der Waals surface area contributed by atoms with Gasteiger partial charge in [0, 0.05) is 18.0 Å². The van der Waals surface area contributed by atoms with Gasteiger partial charge in [-0.25, -0.2) is 4.39 Å². The summed E-state index contributed by atoms with van der Waals surface area (Å²) in [6, 6.07) is 2.25. The Balaban J connectivity index is 1.19. The number of aromatic nitrogens is 2. The highest BCUT2D eigenvalue weighted by Crippen LogP contribution is 2.66. The average molecular weight is 468 g/mol. The molecule has 0 saturated heterocycles. The number of carbonyl (C=O) groups excluding carboxylic acids is 1. The molecule has 1 aromatic heterocycles. The molecule has 0 aliphatic heterocycles. The van der Waals surface area contributed by atoms with Crippen molar-refractivity contribution in [3.05, 3.63) is 17.5 Å². The topological polar surface area (TPSA) is 78.9 Å². The number of alkyl halides is 1. The van der Waals surface area contributed by atoms with Gasteiger partial charge in [-0.05, 0) is 107 Å². The molecule has 6 rings (SSSR count). The van der Waals surface area contributed by atoms with Crippen LogP contribution in [0.4, 0.5) is 4.39 Å². The predicted molar refractivity (Wildman–Crippen MR) is 125 cm³/mol. The average Bonchev–Trinajstić information content (AvgIpc) is 3.45. The lowest BCUT2D eigenvalue weighted by Gasteiger charge is -2.59. The third-order valence-corrected chi connectivity index (χ3v) is 10.9. The number of hydrogen-bond donors (Lipinski definition) is 1. The Labute approximate surface area is 202 Å². The smallest absolute Gasteiger partial charge is 0.157 e. The minimum atomic E-state index is -1.14. The predicted octanol–water partition coefficient (Wildman–Crippen LogP) is 5.31.